The molecule has 0 spiro atoms. The van der Waals surface area contributed by atoms with Gasteiger partial charge < -0.3 is 19.9 Å². The molecule has 1 heterocycles. The number of aliphatic imine (C=N–C) groups is 1. The highest BCUT2D eigenvalue weighted by Crippen LogP contribution is 2.34. The van der Waals surface area contributed by atoms with E-state index in [9.17, 15) is 14.4 Å². The zero-order valence-electron chi connectivity index (χ0n) is 18.6. The molecule has 2 N–H and O–H groups in total. The number of amidine groups is 1. The van der Waals surface area contributed by atoms with E-state index in [4.69, 9.17) is 19.9 Å². The largest absolute Gasteiger partial charge is 0.493 e. The molecule has 2 aromatic rings. The number of methoxy groups -OCH3 is 2. The van der Waals surface area contributed by atoms with Crippen molar-refractivity contribution in [3.05, 3.63) is 53.6 Å². The smallest absolute Gasteiger partial charge is 0.338 e. The Hall–Kier alpha value is -3.53. The number of nitrogens with two attached hydrogens (primary N) is 1. The van der Waals surface area contributed by atoms with Crippen molar-refractivity contribution >= 4 is 40.4 Å². The number of rotatable bonds is 9. The lowest BCUT2D eigenvalue weighted by molar-refractivity contribution is -0.128. The summed E-state index contributed by atoms with van der Waals surface area (Å²) in [5.41, 5.74) is 7.09. The number of carbonyl (C=O) groups excluding carboxylic acids is 3. The van der Waals surface area contributed by atoms with Crippen LogP contribution >= 0.6 is 11.8 Å². The van der Waals surface area contributed by atoms with Crippen LogP contribution < -0.4 is 15.2 Å². The van der Waals surface area contributed by atoms with Crippen molar-refractivity contribution < 1.29 is 28.6 Å². The van der Waals surface area contributed by atoms with E-state index < -0.39 is 17.1 Å². The molecule has 1 aliphatic rings. The van der Waals surface area contributed by atoms with Gasteiger partial charge in [-0.15, -0.1) is 0 Å². The van der Waals surface area contributed by atoms with Crippen LogP contribution in [0.2, 0.25) is 0 Å². The van der Waals surface area contributed by atoms with Gasteiger partial charge in [-0.3, -0.25) is 14.5 Å². The van der Waals surface area contributed by atoms with E-state index in [2.05, 4.69) is 4.99 Å². The normalized spacial score (nSPS) is 16.7. The fourth-order valence-corrected chi connectivity index (χ4v) is 4.38. The zero-order chi connectivity index (χ0) is 24.0. The third-order valence-electron chi connectivity index (χ3n) is 4.80. The molecule has 0 saturated carbocycles. The second kappa shape index (κ2) is 10.9. The van der Waals surface area contributed by atoms with Gasteiger partial charge in [-0.2, -0.15) is 0 Å². The summed E-state index contributed by atoms with van der Waals surface area (Å²) in [6, 6.07) is 11.9. The van der Waals surface area contributed by atoms with Crippen LogP contribution in [0.1, 0.15) is 29.3 Å². The summed E-state index contributed by atoms with van der Waals surface area (Å²) in [5, 5.41) is -0.217. The Bertz CT molecular complexity index is 1070. The van der Waals surface area contributed by atoms with Crippen molar-refractivity contribution in [1.82, 2.24) is 4.90 Å². The van der Waals surface area contributed by atoms with Gasteiger partial charge in [-0.05, 0) is 48.9 Å². The van der Waals surface area contributed by atoms with Crippen molar-refractivity contribution in [2.24, 2.45) is 10.7 Å². The van der Waals surface area contributed by atoms with E-state index in [1.807, 2.05) is 6.07 Å². The number of esters is 1. The number of thioether (sulfide) groups is 1. The lowest BCUT2D eigenvalue weighted by Gasteiger charge is -2.18. The van der Waals surface area contributed by atoms with Crippen LogP contribution in [-0.2, 0) is 20.9 Å². The summed E-state index contributed by atoms with van der Waals surface area (Å²) >= 11 is 1.18. The second-order valence-electron chi connectivity index (χ2n) is 7.05. The quantitative estimate of drug-likeness (QED) is 0.558. The van der Waals surface area contributed by atoms with E-state index >= 15 is 0 Å². The molecule has 0 bridgehead atoms. The van der Waals surface area contributed by atoms with Gasteiger partial charge in [0, 0.05) is 6.42 Å². The Morgan fingerprint density at radius 2 is 1.79 bits per heavy atom. The molecule has 0 unspecified atom stereocenters. The summed E-state index contributed by atoms with van der Waals surface area (Å²) in [4.78, 5) is 42.5. The van der Waals surface area contributed by atoms with E-state index in [1.54, 1.807) is 50.4 Å². The van der Waals surface area contributed by atoms with Gasteiger partial charge in [0.05, 0.1) is 38.6 Å². The maximum atomic E-state index is 13.0. The molecule has 3 rings (SSSR count). The van der Waals surface area contributed by atoms with Gasteiger partial charge in [-0.25, -0.2) is 9.79 Å². The summed E-state index contributed by atoms with van der Waals surface area (Å²) in [5.74, 6) is -0.122. The van der Waals surface area contributed by atoms with Crippen molar-refractivity contribution in [3.63, 3.8) is 0 Å². The molecule has 1 fully saturated rings. The van der Waals surface area contributed by atoms with Gasteiger partial charge in [0.2, 0.25) is 11.8 Å². The summed E-state index contributed by atoms with van der Waals surface area (Å²) in [7, 11) is 3.08. The number of ether oxygens (including phenoxy) is 3. The predicted octanol–water partition coefficient (Wildman–Crippen LogP) is 2.89. The second-order valence-corrected chi connectivity index (χ2v) is 8.22. The zero-order valence-corrected chi connectivity index (χ0v) is 19.4. The maximum absolute atomic E-state index is 13.0. The van der Waals surface area contributed by atoms with Crippen molar-refractivity contribution in [2.75, 3.05) is 20.8 Å². The SMILES string of the molecule is CCOC(=O)c1ccc(N=C2S[C@@H](CC(N)=O)C(=O)N2Cc2ccc(OC)c(OC)c2)cc1. The van der Waals surface area contributed by atoms with Crippen LogP contribution in [0, 0.1) is 0 Å². The summed E-state index contributed by atoms with van der Waals surface area (Å²) < 4.78 is 15.6. The van der Waals surface area contributed by atoms with Gasteiger partial charge >= 0.3 is 5.97 Å². The first-order chi connectivity index (χ1) is 15.9. The monoisotopic (exact) mass is 471 g/mol. The molecule has 174 valence electrons. The predicted molar refractivity (Wildman–Crippen MR) is 125 cm³/mol. The standard InChI is InChI=1S/C23H25N3O6S/c1-4-32-22(29)15-6-8-16(9-7-15)25-23-26(21(28)19(33-23)12-20(24)27)13-14-5-10-17(30-2)18(11-14)31-3/h5-11,19H,4,12-13H2,1-3H3,(H2,24,27)/t19-/m0/s1. The number of primary amides is 1. The lowest BCUT2D eigenvalue weighted by Crippen LogP contribution is -2.33. The van der Waals surface area contributed by atoms with Crippen LogP contribution in [0.5, 0.6) is 11.5 Å². The molecule has 0 radical (unpaired) electrons. The third kappa shape index (κ3) is 5.83. The lowest BCUT2D eigenvalue weighted by atomic mass is 10.1. The number of carbonyl (C=O) groups is 3. The number of hydrogen-bond acceptors (Lipinski definition) is 8. The molecule has 0 aliphatic carbocycles. The number of nitrogens with zero attached hydrogens (tertiary/aromatic N) is 2. The van der Waals surface area contributed by atoms with Crippen LogP contribution in [0.3, 0.4) is 0 Å². The van der Waals surface area contributed by atoms with Crippen molar-refractivity contribution in [3.8, 4) is 11.5 Å². The molecule has 9 nitrogen and oxygen atoms in total. The summed E-state index contributed by atoms with van der Waals surface area (Å²) in [6.07, 6.45) is -0.0905. The number of hydrogen-bond donors (Lipinski definition) is 1. The highest BCUT2D eigenvalue weighted by molar-refractivity contribution is 8.15. The number of benzene rings is 2. The topological polar surface area (TPSA) is 121 Å². The Morgan fingerprint density at radius 3 is 2.39 bits per heavy atom. The van der Waals surface area contributed by atoms with Gasteiger partial charge in [0.25, 0.3) is 0 Å². The van der Waals surface area contributed by atoms with Crippen LogP contribution in [0.25, 0.3) is 0 Å². The molecular formula is C23H25N3O6S. The van der Waals surface area contributed by atoms with Gasteiger partial charge in [-0.1, -0.05) is 17.8 Å². The van der Waals surface area contributed by atoms with Crippen LogP contribution in [0.15, 0.2) is 47.5 Å². The summed E-state index contributed by atoms with van der Waals surface area (Å²) in [6.45, 7) is 2.25. The average Bonchev–Trinajstić information content (AvgIpc) is 3.07. The van der Waals surface area contributed by atoms with Crippen molar-refractivity contribution in [2.45, 2.75) is 25.1 Å². The van der Waals surface area contributed by atoms with Gasteiger partial charge in [0.1, 0.15) is 5.25 Å². The average molecular weight is 472 g/mol. The van der Waals surface area contributed by atoms with Crippen LogP contribution in [0.4, 0.5) is 5.69 Å². The highest BCUT2D eigenvalue weighted by atomic mass is 32.2. The van der Waals surface area contributed by atoms with E-state index in [0.717, 1.165) is 5.56 Å². The minimum absolute atomic E-state index is 0.0905. The first-order valence-electron chi connectivity index (χ1n) is 10.2. The van der Waals surface area contributed by atoms with E-state index in [1.165, 1.54) is 23.8 Å². The van der Waals surface area contributed by atoms with Crippen molar-refractivity contribution in [1.29, 1.82) is 0 Å². The molecule has 0 aromatic heterocycles. The molecule has 2 aromatic carbocycles. The minimum Gasteiger partial charge on any atom is -0.493 e. The van der Waals surface area contributed by atoms with E-state index in [0.29, 0.717) is 27.9 Å². The fraction of sp³-hybridized carbons (Fsp3) is 0.304. The molecule has 1 atom stereocenters. The highest BCUT2D eigenvalue weighted by Gasteiger charge is 2.39. The molecule has 1 aliphatic heterocycles. The molecule has 2 amide bonds. The van der Waals surface area contributed by atoms with E-state index in [-0.39, 0.29) is 25.5 Å². The Balaban J connectivity index is 1.89. The maximum Gasteiger partial charge on any atom is 0.338 e. The molecule has 1 saturated heterocycles. The first-order valence-corrected chi connectivity index (χ1v) is 11.1. The first kappa shape index (κ1) is 24.1. The Labute approximate surface area is 195 Å². The fourth-order valence-electron chi connectivity index (χ4n) is 3.21. The van der Waals surface area contributed by atoms with Gasteiger partial charge in [0.15, 0.2) is 16.7 Å². The Morgan fingerprint density at radius 1 is 1.09 bits per heavy atom. The Kier molecular flexibility index (Phi) is 7.94. The molecular weight excluding hydrogens is 446 g/mol. The molecule has 10 heteroatoms. The van der Waals surface area contributed by atoms with Crippen LogP contribution in [-0.4, -0.2) is 53.9 Å². The number of amides is 2. The third-order valence-corrected chi connectivity index (χ3v) is 5.97. The molecule has 33 heavy (non-hydrogen) atoms. The minimum atomic E-state index is -0.653.